The summed E-state index contributed by atoms with van der Waals surface area (Å²) in [7, 11) is 0. The zero-order chi connectivity index (χ0) is 18.8. The van der Waals surface area contributed by atoms with E-state index in [4.69, 9.17) is 0 Å². The fourth-order valence-electron chi connectivity index (χ4n) is 1.96. The van der Waals surface area contributed by atoms with Crippen LogP contribution in [0.1, 0.15) is 18.7 Å². The molecule has 0 saturated carbocycles. The van der Waals surface area contributed by atoms with Gasteiger partial charge in [-0.3, -0.25) is 19.6 Å². The molecule has 2 rings (SSSR count). The molecule has 1 heterocycles. The molecule has 0 aliphatic heterocycles. The van der Waals surface area contributed by atoms with Crippen LogP contribution >= 0.6 is 0 Å². The Morgan fingerprint density at radius 2 is 1.96 bits per heavy atom. The second kappa shape index (κ2) is 6.79. The summed E-state index contributed by atoms with van der Waals surface area (Å²) in [5, 5.41) is 17.2. The number of carbonyl (C=O) groups is 1. The van der Waals surface area contributed by atoms with Gasteiger partial charge in [-0.25, -0.2) is 0 Å². The molecule has 0 bridgehead atoms. The average Bonchev–Trinajstić information content (AvgIpc) is 2.89. The number of nitrogens with zero attached hydrogens (tertiary/aromatic N) is 3. The quantitative estimate of drug-likeness (QED) is 0.654. The number of nitro groups is 1. The maximum Gasteiger partial charge on any atom is 0.573 e. The Bertz CT molecular complexity index is 786. The maximum atomic E-state index is 12.2. The van der Waals surface area contributed by atoms with Crippen LogP contribution in [0.15, 0.2) is 30.5 Å². The normalized spacial score (nSPS) is 12.5. The minimum absolute atomic E-state index is 0.165. The summed E-state index contributed by atoms with van der Waals surface area (Å²) in [6.07, 6.45) is -3.66. The van der Waals surface area contributed by atoms with Gasteiger partial charge < -0.3 is 10.1 Å². The van der Waals surface area contributed by atoms with Crippen LogP contribution in [-0.2, 0) is 4.79 Å². The largest absolute Gasteiger partial charge is 0.573 e. The van der Waals surface area contributed by atoms with Crippen LogP contribution < -0.4 is 10.1 Å². The third-order valence-electron chi connectivity index (χ3n) is 3.22. The first kappa shape index (κ1) is 18.2. The molecule has 1 unspecified atom stereocenters. The van der Waals surface area contributed by atoms with Crippen LogP contribution in [0, 0.1) is 17.0 Å². The number of carbonyl (C=O) groups excluding carboxylic acids is 1. The van der Waals surface area contributed by atoms with E-state index in [1.807, 2.05) is 0 Å². The fourth-order valence-corrected chi connectivity index (χ4v) is 1.96. The molecule has 1 amide bonds. The Kier molecular flexibility index (Phi) is 4.95. The van der Waals surface area contributed by atoms with Gasteiger partial charge in [0.25, 0.3) is 0 Å². The molecule has 1 aromatic carbocycles. The second-order valence-electron chi connectivity index (χ2n) is 5.07. The molecular weight excluding hydrogens is 345 g/mol. The average molecular weight is 358 g/mol. The van der Waals surface area contributed by atoms with E-state index in [-0.39, 0.29) is 17.1 Å². The van der Waals surface area contributed by atoms with Crippen molar-refractivity contribution in [2.45, 2.75) is 26.3 Å². The lowest BCUT2D eigenvalue weighted by Gasteiger charge is -2.13. The second-order valence-corrected chi connectivity index (χ2v) is 5.07. The van der Waals surface area contributed by atoms with E-state index in [9.17, 15) is 28.1 Å². The van der Waals surface area contributed by atoms with Crippen molar-refractivity contribution >= 4 is 17.3 Å². The number of hydrogen-bond acceptors (Lipinski definition) is 5. The molecule has 1 aromatic heterocycles. The van der Waals surface area contributed by atoms with E-state index in [0.717, 1.165) is 23.0 Å². The zero-order valence-corrected chi connectivity index (χ0v) is 13.1. The molecule has 0 fully saturated rings. The van der Waals surface area contributed by atoms with Gasteiger partial charge in [0.2, 0.25) is 5.91 Å². The number of alkyl halides is 3. The molecule has 8 nitrogen and oxygen atoms in total. The number of hydrogen-bond donors (Lipinski definition) is 1. The van der Waals surface area contributed by atoms with E-state index in [1.165, 1.54) is 26.0 Å². The maximum absolute atomic E-state index is 12.2. The number of amides is 1. The smallest absolute Gasteiger partial charge is 0.406 e. The minimum Gasteiger partial charge on any atom is -0.406 e. The molecule has 2 aromatic rings. The summed E-state index contributed by atoms with van der Waals surface area (Å²) < 4.78 is 41.1. The lowest BCUT2D eigenvalue weighted by molar-refractivity contribution is -0.385. The number of rotatable bonds is 5. The summed E-state index contributed by atoms with van der Waals surface area (Å²) in [4.78, 5) is 22.4. The van der Waals surface area contributed by atoms with Crippen molar-refractivity contribution in [2.24, 2.45) is 0 Å². The van der Waals surface area contributed by atoms with E-state index >= 15 is 0 Å². The first-order chi connectivity index (χ1) is 11.6. The number of aryl methyl sites for hydroxylation is 1. The van der Waals surface area contributed by atoms with Crippen LogP contribution in [0.3, 0.4) is 0 Å². The highest BCUT2D eigenvalue weighted by Gasteiger charge is 2.31. The van der Waals surface area contributed by atoms with Gasteiger partial charge in [-0.1, -0.05) is 0 Å². The molecule has 1 atom stereocenters. The van der Waals surface area contributed by atoms with E-state index in [0.29, 0.717) is 0 Å². The molecule has 11 heteroatoms. The molecular formula is C14H13F3N4O4. The number of anilines is 1. The molecule has 0 spiro atoms. The van der Waals surface area contributed by atoms with Gasteiger partial charge in [0.05, 0.1) is 4.92 Å². The summed E-state index contributed by atoms with van der Waals surface area (Å²) in [6.45, 7) is 2.92. The van der Waals surface area contributed by atoms with Crippen molar-refractivity contribution < 1.29 is 27.6 Å². The Labute approximate surface area is 139 Å². The van der Waals surface area contributed by atoms with Gasteiger partial charge in [0.1, 0.15) is 23.7 Å². The summed E-state index contributed by atoms with van der Waals surface area (Å²) >= 11 is 0. The molecule has 0 aliphatic rings. The standard InChI is InChI=1S/C14H13F3N4O4/c1-8-12(21(23)24)7-20(19-8)9(2)13(22)18-10-3-5-11(6-4-10)25-14(15,16)17/h3-7,9H,1-2H3,(H,18,22). The predicted molar refractivity (Wildman–Crippen MR) is 80.1 cm³/mol. The molecule has 25 heavy (non-hydrogen) atoms. The van der Waals surface area contributed by atoms with Crippen molar-refractivity contribution in [2.75, 3.05) is 5.32 Å². The highest BCUT2D eigenvalue weighted by molar-refractivity contribution is 5.93. The molecule has 0 radical (unpaired) electrons. The number of aromatic nitrogens is 2. The topological polar surface area (TPSA) is 99.3 Å². The Morgan fingerprint density at radius 3 is 2.44 bits per heavy atom. The van der Waals surface area contributed by atoms with E-state index in [2.05, 4.69) is 15.2 Å². The Balaban J connectivity index is 2.06. The molecule has 0 saturated heterocycles. The van der Waals surface area contributed by atoms with Gasteiger partial charge in [-0.15, -0.1) is 13.2 Å². The SMILES string of the molecule is Cc1nn(C(C)C(=O)Nc2ccc(OC(F)(F)F)cc2)cc1[N+](=O)[O-]. The van der Waals surface area contributed by atoms with Crippen molar-refractivity contribution in [1.82, 2.24) is 9.78 Å². The minimum atomic E-state index is -4.80. The zero-order valence-electron chi connectivity index (χ0n) is 13.1. The van der Waals surface area contributed by atoms with Crippen molar-refractivity contribution in [1.29, 1.82) is 0 Å². The lowest BCUT2D eigenvalue weighted by Crippen LogP contribution is -2.24. The van der Waals surface area contributed by atoms with Crippen molar-refractivity contribution in [3.63, 3.8) is 0 Å². The first-order valence-electron chi connectivity index (χ1n) is 6.93. The third-order valence-corrected chi connectivity index (χ3v) is 3.22. The highest BCUT2D eigenvalue weighted by atomic mass is 19.4. The van der Waals surface area contributed by atoms with Crippen LogP contribution in [0.25, 0.3) is 0 Å². The van der Waals surface area contributed by atoms with E-state index < -0.39 is 29.0 Å². The number of nitrogens with one attached hydrogen (secondary N) is 1. The number of halogens is 3. The summed E-state index contributed by atoms with van der Waals surface area (Å²) in [5.74, 6) is -0.959. The van der Waals surface area contributed by atoms with Crippen LogP contribution in [0.2, 0.25) is 0 Å². The third kappa shape index (κ3) is 4.68. The monoisotopic (exact) mass is 358 g/mol. The highest BCUT2D eigenvalue weighted by Crippen LogP contribution is 2.24. The van der Waals surface area contributed by atoms with Crippen LogP contribution in [0.5, 0.6) is 5.75 Å². The van der Waals surface area contributed by atoms with Gasteiger partial charge in [0, 0.05) is 5.69 Å². The number of benzene rings is 1. The van der Waals surface area contributed by atoms with Crippen LogP contribution in [0.4, 0.5) is 24.5 Å². The Hall–Kier alpha value is -3.11. The number of ether oxygens (including phenoxy) is 1. The summed E-state index contributed by atoms with van der Waals surface area (Å²) in [6, 6.07) is 3.72. The molecule has 134 valence electrons. The van der Waals surface area contributed by atoms with Gasteiger partial charge in [-0.2, -0.15) is 5.10 Å². The van der Waals surface area contributed by atoms with Gasteiger partial charge in [0.15, 0.2) is 0 Å². The Morgan fingerprint density at radius 1 is 1.36 bits per heavy atom. The molecule has 0 aliphatic carbocycles. The van der Waals surface area contributed by atoms with Crippen molar-refractivity contribution in [3.8, 4) is 5.75 Å². The van der Waals surface area contributed by atoms with Gasteiger partial charge in [-0.05, 0) is 38.1 Å². The fraction of sp³-hybridized carbons (Fsp3) is 0.286. The van der Waals surface area contributed by atoms with Crippen LogP contribution in [-0.4, -0.2) is 27.0 Å². The molecule has 1 N–H and O–H groups in total. The van der Waals surface area contributed by atoms with Gasteiger partial charge >= 0.3 is 12.0 Å². The lowest BCUT2D eigenvalue weighted by atomic mass is 10.2. The first-order valence-corrected chi connectivity index (χ1v) is 6.93. The van der Waals surface area contributed by atoms with Crippen molar-refractivity contribution in [3.05, 3.63) is 46.3 Å². The summed E-state index contributed by atoms with van der Waals surface area (Å²) in [5.41, 5.74) is 0.191. The van der Waals surface area contributed by atoms with E-state index in [1.54, 1.807) is 0 Å². The predicted octanol–water partition coefficient (Wildman–Crippen LogP) is 3.20.